The molecule has 0 atom stereocenters. The lowest BCUT2D eigenvalue weighted by Gasteiger charge is -2.21. The van der Waals surface area contributed by atoms with E-state index in [1.54, 1.807) is 36.6 Å². The lowest BCUT2D eigenvalue weighted by Crippen LogP contribution is -2.32. The Hall–Kier alpha value is -5.23. The zero-order valence-electron chi connectivity index (χ0n) is 23.2. The molecule has 0 aliphatic rings. The number of fused-ring (bicyclic) bond motifs is 2. The van der Waals surface area contributed by atoms with E-state index in [1.807, 2.05) is 66.7 Å². The van der Waals surface area contributed by atoms with E-state index in [0.717, 1.165) is 51.4 Å². The first-order chi connectivity index (χ1) is 20.1. The highest BCUT2D eigenvalue weighted by Gasteiger charge is 2.15. The molecule has 0 unspecified atom stereocenters. The van der Waals surface area contributed by atoms with E-state index >= 15 is 0 Å². The van der Waals surface area contributed by atoms with Gasteiger partial charge in [-0.2, -0.15) is 5.10 Å². The van der Waals surface area contributed by atoms with Crippen molar-refractivity contribution in [3.05, 3.63) is 132 Å². The van der Waals surface area contributed by atoms with Gasteiger partial charge in [-0.25, -0.2) is 5.43 Å². The van der Waals surface area contributed by atoms with Gasteiger partial charge in [-0.1, -0.05) is 78.9 Å². The first-order valence-corrected chi connectivity index (χ1v) is 13.7. The average molecular weight is 541 g/mol. The molecule has 6 nitrogen and oxygen atoms in total. The van der Waals surface area contributed by atoms with Crippen LogP contribution in [0.25, 0.3) is 27.6 Å². The second kappa shape index (κ2) is 12.7. The summed E-state index contributed by atoms with van der Waals surface area (Å²) in [5.74, 6) is -0.904. The molecule has 2 amide bonds. The van der Waals surface area contributed by atoms with Crippen LogP contribution in [0, 0.1) is 0 Å². The SMILES string of the molecule is CCN(CC)c1ccc(/C=C(\NC(=O)c2ccccc2)C(=O)N/N=C\c2c3ccccc3cc3ccccc23)cc1. The molecule has 5 aromatic carbocycles. The smallest absolute Gasteiger partial charge is 0.287 e. The van der Waals surface area contributed by atoms with Crippen molar-refractivity contribution >= 4 is 51.3 Å². The Morgan fingerprint density at radius 1 is 0.756 bits per heavy atom. The van der Waals surface area contributed by atoms with Crippen LogP contribution in [0.5, 0.6) is 0 Å². The van der Waals surface area contributed by atoms with Gasteiger partial charge in [-0.3, -0.25) is 9.59 Å². The van der Waals surface area contributed by atoms with Gasteiger partial charge in [0.15, 0.2) is 0 Å². The molecule has 41 heavy (non-hydrogen) atoms. The summed E-state index contributed by atoms with van der Waals surface area (Å²) < 4.78 is 0. The molecule has 2 N–H and O–H groups in total. The van der Waals surface area contributed by atoms with Crippen molar-refractivity contribution in [2.75, 3.05) is 18.0 Å². The second-order valence-electron chi connectivity index (χ2n) is 9.57. The fourth-order valence-corrected chi connectivity index (χ4v) is 4.88. The number of nitrogens with zero attached hydrogens (tertiary/aromatic N) is 2. The van der Waals surface area contributed by atoms with Crippen molar-refractivity contribution in [2.24, 2.45) is 5.10 Å². The van der Waals surface area contributed by atoms with Crippen molar-refractivity contribution < 1.29 is 9.59 Å². The summed E-state index contributed by atoms with van der Waals surface area (Å²) in [4.78, 5) is 28.6. The van der Waals surface area contributed by atoms with Crippen molar-refractivity contribution in [3.8, 4) is 0 Å². The molecule has 204 valence electrons. The lowest BCUT2D eigenvalue weighted by atomic mass is 9.97. The van der Waals surface area contributed by atoms with Gasteiger partial charge in [0.05, 0.1) is 6.21 Å². The maximum Gasteiger partial charge on any atom is 0.287 e. The lowest BCUT2D eigenvalue weighted by molar-refractivity contribution is -0.117. The molecule has 6 heteroatoms. The molecule has 0 bridgehead atoms. The maximum atomic E-state index is 13.4. The fraction of sp³-hybridized carbons (Fsp3) is 0.114. The van der Waals surface area contributed by atoms with Crippen LogP contribution in [-0.2, 0) is 4.79 Å². The highest BCUT2D eigenvalue weighted by atomic mass is 16.2. The topological polar surface area (TPSA) is 73.8 Å². The maximum absolute atomic E-state index is 13.4. The standard InChI is InChI=1S/C35H32N4O2/c1-3-39(4-2)29-20-18-25(19-21-29)22-33(37-34(40)26-12-6-5-7-13-26)35(41)38-36-24-32-30-16-10-8-14-27(30)23-28-15-9-11-17-31(28)32/h5-24H,3-4H2,1-2H3,(H,37,40)(H,38,41)/b33-22-,36-24-. The molecule has 0 saturated heterocycles. The summed E-state index contributed by atoms with van der Waals surface area (Å²) in [5, 5.41) is 11.3. The van der Waals surface area contributed by atoms with Gasteiger partial charge >= 0.3 is 0 Å². The molecule has 5 rings (SSSR count). The quantitative estimate of drug-likeness (QED) is 0.0939. The van der Waals surface area contributed by atoms with E-state index in [0.29, 0.717) is 5.56 Å². The molecule has 0 spiro atoms. The van der Waals surface area contributed by atoms with Crippen LogP contribution >= 0.6 is 0 Å². The molecule has 0 saturated carbocycles. The van der Waals surface area contributed by atoms with Crippen LogP contribution in [0.2, 0.25) is 0 Å². The normalized spacial score (nSPS) is 11.6. The zero-order chi connectivity index (χ0) is 28.6. The van der Waals surface area contributed by atoms with Gasteiger partial charge in [-0.05, 0) is 77.4 Å². The van der Waals surface area contributed by atoms with Gasteiger partial charge in [-0.15, -0.1) is 0 Å². The van der Waals surface area contributed by atoms with Gasteiger partial charge in [0.25, 0.3) is 11.8 Å². The molecule has 0 fully saturated rings. The third kappa shape index (κ3) is 6.34. The summed E-state index contributed by atoms with van der Waals surface area (Å²) in [5.41, 5.74) is 5.95. The Balaban J connectivity index is 1.44. The van der Waals surface area contributed by atoms with E-state index in [9.17, 15) is 9.59 Å². The first kappa shape index (κ1) is 27.3. The molecule has 0 heterocycles. The van der Waals surface area contributed by atoms with Crippen molar-refractivity contribution in [1.82, 2.24) is 10.7 Å². The summed E-state index contributed by atoms with van der Waals surface area (Å²) in [6.45, 7) is 6.02. The summed E-state index contributed by atoms with van der Waals surface area (Å²) in [7, 11) is 0. The number of rotatable bonds is 9. The average Bonchev–Trinajstić information content (AvgIpc) is 3.02. The number of benzene rings is 5. The summed E-state index contributed by atoms with van der Waals surface area (Å²) in [6.07, 6.45) is 3.32. The van der Waals surface area contributed by atoms with Gasteiger partial charge < -0.3 is 10.2 Å². The van der Waals surface area contributed by atoms with Crippen LogP contribution in [-0.4, -0.2) is 31.1 Å². The van der Waals surface area contributed by atoms with E-state index in [4.69, 9.17) is 0 Å². The molecule has 0 aliphatic carbocycles. The molecular weight excluding hydrogens is 508 g/mol. The highest BCUT2D eigenvalue weighted by molar-refractivity contribution is 6.13. The number of carbonyl (C=O) groups excluding carboxylic acids is 2. The van der Waals surface area contributed by atoms with E-state index in [-0.39, 0.29) is 11.6 Å². The predicted molar refractivity (Wildman–Crippen MR) is 169 cm³/mol. The van der Waals surface area contributed by atoms with Crippen LogP contribution in [0.15, 0.2) is 120 Å². The van der Waals surface area contributed by atoms with Crippen LogP contribution in [0.1, 0.15) is 35.3 Å². The summed E-state index contributed by atoms with van der Waals surface area (Å²) in [6, 6.07) is 35.0. The van der Waals surface area contributed by atoms with Gasteiger partial charge in [0, 0.05) is 29.9 Å². The van der Waals surface area contributed by atoms with Crippen LogP contribution < -0.4 is 15.6 Å². The number of hydrogen-bond donors (Lipinski definition) is 2. The monoisotopic (exact) mass is 540 g/mol. The Labute approximate surface area is 240 Å². The van der Waals surface area contributed by atoms with Gasteiger partial charge in [0.1, 0.15) is 5.70 Å². The van der Waals surface area contributed by atoms with E-state index in [1.165, 1.54) is 0 Å². The number of hydrazone groups is 1. The second-order valence-corrected chi connectivity index (χ2v) is 9.57. The molecule has 0 aliphatic heterocycles. The minimum atomic E-state index is -0.525. The predicted octanol–water partition coefficient (Wildman–Crippen LogP) is 6.76. The van der Waals surface area contributed by atoms with E-state index < -0.39 is 5.91 Å². The molecular formula is C35H32N4O2. The molecule has 0 radical (unpaired) electrons. The van der Waals surface area contributed by atoms with Crippen molar-refractivity contribution in [3.63, 3.8) is 0 Å². The highest BCUT2D eigenvalue weighted by Crippen LogP contribution is 2.27. The van der Waals surface area contributed by atoms with Crippen molar-refractivity contribution in [1.29, 1.82) is 0 Å². The Kier molecular flexibility index (Phi) is 8.50. The Morgan fingerprint density at radius 3 is 1.95 bits per heavy atom. The molecule has 5 aromatic rings. The van der Waals surface area contributed by atoms with E-state index in [2.05, 4.69) is 52.8 Å². The van der Waals surface area contributed by atoms with Gasteiger partial charge in [0.2, 0.25) is 0 Å². The Morgan fingerprint density at radius 2 is 1.34 bits per heavy atom. The van der Waals surface area contributed by atoms with Crippen LogP contribution in [0.3, 0.4) is 0 Å². The zero-order valence-corrected chi connectivity index (χ0v) is 23.2. The fourth-order valence-electron chi connectivity index (χ4n) is 4.88. The number of amides is 2. The third-order valence-electron chi connectivity index (χ3n) is 7.03. The Bertz CT molecular complexity index is 1680. The largest absolute Gasteiger partial charge is 0.372 e. The minimum Gasteiger partial charge on any atom is -0.372 e. The number of nitrogens with one attached hydrogen (secondary N) is 2. The minimum absolute atomic E-state index is 0.0920. The van der Waals surface area contributed by atoms with Crippen LogP contribution in [0.4, 0.5) is 5.69 Å². The summed E-state index contributed by atoms with van der Waals surface area (Å²) >= 11 is 0. The van der Waals surface area contributed by atoms with Crippen molar-refractivity contribution in [2.45, 2.75) is 13.8 Å². The third-order valence-corrected chi connectivity index (χ3v) is 7.03. The number of hydrogen-bond acceptors (Lipinski definition) is 4. The first-order valence-electron chi connectivity index (χ1n) is 13.7. The number of carbonyl (C=O) groups is 2. The number of anilines is 1. The molecule has 0 aromatic heterocycles.